The van der Waals surface area contributed by atoms with E-state index >= 15 is 0 Å². The molecule has 1 saturated heterocycles. The van der Waals surface area contributed by atoms with Gasteiger partial charge in [-0.1, -0.05) is 18.3 Å². The summed E-state index contributed by atoms with van der Waals surface area (Å²) < 4.78 is 0. The number of carbonyl (C=O) groups excluding carboxylic acids is 1. The van der Waals surface area contributed by atoms with Crippen molar-refractivity contribution in [2.75, 3.05) is 17.6 Å². The third kappa shape index (κ3) is 2.75. The van der Waals surface area contributed by atoms with Gasteiger partial charge in [0.15, 0.2) is 5.13 Å². The summed E-state index contributed by atoms with van der Waals surface area (Å²) >= 11 is 1.39. The fourth-order valence-electron chi connectivity index (χ4n) is 2.79. The first-order valence-corrected chi connectivity index (χ1v) is 8.20. The maximum atomic E-state index is 12.6. The molecule has 1 aromatic heterocycles. The molecule has 110 valence electrons. The molecular formula is C14H22N4OS. The molecule has 1 aliphatic carbocycles. The van der Waals surface area contributed by atoms with Crippen molar-refractivity contribution in [2.24, 2.45) is 5.92 Å². The minimum atomic E-state index is 0.0447. The summed E-state index contributed by atoms with van der Waals surface area (Å²) in [4.78, 5) is 19.5. The molecule has 5 nitrogen and oxygen atoms in total. The molecule has 1 aromatic rings. The first kappa shape index (κ1) is 13.7. The minimum absolute atomic E-state index is 0.0447. The number of anilines is 2. The Morgan fingerprint density at radius 2 is 2.15 bits per heavy atom. The molecule has 2 atom stereocenters. The fourth-order valence-corrected chi connectivity index (χ4v) is 3.71. The highest BCUT2D eigenvalue weighted by Crippen LogP contribution is 2.32. The zero-order valence-electron chi connectivity index (χ0n) is 12.1. The zero-order chi connectivity index (χ0) is 14.3. The molecule has 2 heterocycles. The Hall–Kier alpha value is -1.30. The molecule has 3 rings (SSSR count). The SMILES string of the molecule is CC1CCN(C(=O)c2sc(NC3CC3)nc2N)C(C)C1. The quantitative estimate of drug-likeness (QED) is 0.898. The van der Waals surface area contributed by atoms with E-state index in [9.17, 15) is 4.79 Å². The normalized spacial score (nSPS) is 26.6. The Balaban J connectivity index is 1.74. The molecular weight excluding hydrogens is 272 g/mol. The van der Waals surface area contributed by atoms with Crippen LogP contribution in [0.4, 0.5) is 10.9 Å². The number of hydrogen-bond donors (Lipinski definition) is 2. The van der Waals surface area contributed by atoms with Gasteiger partial charge in [-0.2, -0.15) is 0 Å². The van der Waals surface area contributed by atoms with E-state index < -0.39 is 0 Å². The van der Waals surface area contributed by atoms with Crippen molar-refractivity contribution in [3.63, 3.8) is 0 Å². The largest absolute Gasteiger partial charge is 0.382 e. The highest BCUT2D eigenvalue weighted by molar-refractivity contribution is 7.18. The molecule has 2 fully saturated rings. The summed E-state index contributed by atoms with van der Waals surface area (Å²) in [5, 5.41) is 4.09. The number of nitrogens with two attached hydrogens (primary N) is 1. The number of nitrogen functional groups attached to an aromatic ring is 1. The molecule has 1 saturated carbocycles. The highest BCUT2D eigenvalue weighted by atomic mass is 32.1. The maximum Gasteiger partial charge on any atom is 0.268 e. The lowest BCUT2D eigenvalue weighted by molar-refractivity contribution is 0.0594. The average molecular weight is 294 g/mol. The third-order valence-electron chi connectivity index (χ3n) is 4.15. The molecule has 0 radical (unpaired) electrons. The molecule has 6 heteroatoms. The van der Waals surface area contributed by atoms with Crippen molar-refractivity contribution in [2.45, 2.75) is 51.6 Å². The Morgan fingerprint density at radius 1 is 1.40 bits per heavy atom. The number of thiazole rings is 1. The molecule has 0 aromatic carbocycles. The van der Waals surface area contributed by atoms with Gasteiger partial charge in [-0.25, -0.2) is 4.98 Å². The van der Waals surface area contributed by atoms with Crippen LogP contribution in [0.2, 0.25) is 0 Å². The van der Waals surface area contributed by atoms with Crippen LogP contribution in [0.5, 0.6) is 0 Å². The first-order chi connectivity index (χ1) is 9.54. The van der Waals surface area contributed by atoms with Crippen molar-refractivity contribution >= 4 is 28.2 Å². The average Bonchev–Trinajstić information content (AvgIpc) is 3.11. The maximum absolute atomic E-state index is 12.6. The highest BCUT2D eigenvalue weighted by Gasteiger charge is 2.31. The minimum Gasteiger partial charge on any atom is -0.382 e. The van der Waals surface area contributed by atoms with Crippen LogP contribution in [0.3, 0.4) is 0 Å². The van der Waals surface area contributed by atoms with Crippen LogP contribution in [0.1, 0.15) is 49.2 Å². The number of piperidine rings is 1. The second-order valence-corrected chi connectivity index (χ2v) is 7.13. The van der Waals surface area contributed by atoms with Crippen molar-refractivity contribution < 1.29 is 4.79 Å². The monoisotopic (exact) mass is 294 g/mol. The number of amides is 1. The molecule has 2 aliphatic rings. The van der Waals surface area contributed by atoms with Crippen molar-refractivity contribution in [3.8, 4) is 0 Å². The Kier molecular flexibility index (Phi) is 3.58. The standard InChI is InChI=1S/C14H22N4OS/c1-8-5-6-18(9(2)7-8)13(19)11-12(15)17-14(20-11)16-10-3-4-10/h8-10H,3-7,15H2,1-2H3,(H,16,17). The molecule has 1 amide bonds. The molecule has 3 N–H and O–H groups in total. The second-order valence-electron chi connectivity index (χ2n) is 6.13. The summed E-state index contributed by atoms with van der Waals surface area (Å²) in [5.41, 5.74) is 5.93. The van der Waals surface area contributed by atoms with E-state index in [0.717, 1.165) is 24.5 Å². The second kappa shape index (κ2) is 5.24. The van der Waals surface area contributed by atoms with Crippen molar-refractivity contribution in [1.29, 1.82) is 0 Å². The molecule has 1 aliphatic heterocycles. The van der Waals surface area contributed by atoms with Crippen LogP contribution in [-0.4, -0.2) is 34.4 Å². The molecule has 2 unspecified atom stereocenters. The lowest BCUT2D eigenvalue weighted by Gasteiger charge is -2.36. The predicted molar refractivity (Wildman–Crippen MR) is 82.1 cm³/mol. The molecule has 0 bridgehead atoms. The first-order valence-electron chi connectivity index (χ1n) is 7.38. The number of aromatic nitrogens is 1. The van der Waals surface area contributed by atoms with Crippen LogP contribution < -0.4 is 11.1 Å². The van der Waals surface area contributed by atoms with E-state index in [2.05, 4.69) is 24.1 Å². The number of hydrogen-bond acceptors (Lipinski definition) is 5. The van der Waals surface area contributed by atoms with Crippen LogP contribution in [0, 0.1) is 5.92 Å². The lowest BCUT2D eigenvalue weighted by Crippen LogP contribution is -2.44. The van der Waals surface area contributed by atoms with Gasteiger partial charge in [-0.3, -0.25) is 4.79 Å². The Labute approximate surface area is 123 Å². The van der Waals surface area contributed by atoms with E-state index in [1.54, 1.807) is 0 Å². The van der Waals surface area contributed by atoms with E-state index in [0.29, 0.717) is 22.7 Å². The van der Waals surface area contributed by atoms with Crippen LogP contribution in [-0.2, 0) is 0 Å². The molecule has 20 heavy (non-hydrogen) atoms. The number of nitrogens with zero attached hydrogens (tertiary/aromatic N) is 2. The van der Waals surface area contributed by atoms with Crippen molar-refractivity contribution in [1.82, 2.24) is 9.88 Å². The number of carbonyl (C=O) groups is 1. The topological polar surface area (TPSA) is 71.2 Å². The summed E-state index contributed by atoms with van der Waals surface area (Å²) in [6, 6.07) is 0.811. The van der Waals surface area contributed by atoms with E-state index in [1.807, 2.05) is 4.90 Å². The van der Waals surface area contributed by atoms with E-state index in [1.165, 1.54) is 24.2 Å². The van der Waals surface area contributed by atoms with Gasteiger partial charge >= 0.3 is 0 Å². The summed E-state index contributed by atoms with van der Waals surface area (Å²) in [5.74, 6) is 1.11. The summed E-state index contributed by atoms with van der Waals surface area (Å²) in [7, 11) is 0. The fraction of sp³-hybridized carbons (Fsp3) is 0.714. The number of likely N-dealkylation sites (tertiary alicyclic amines) is 1. The molecule has 0 spiro atoms. The van der Waals surface area contributed by atoms with Gasteiger partial charge in [-0.15, -0.1) is 0 Å². The van der Waals surface area contributed by atoms with Gasteiger partial charge in [0.2, 0.25) is 0 Å². The predicted octanol–water partition coefficient (Wildman–Crippen LogP) is 2.56. The van der Waals surface area contributed by atoms with Gasteiger partial charge in [0.25, 0.3) is 5.91 Å². The number of rotatable bonds is 3. The van der Waals surface area contributed by atoms with Gasteiger partial charge in [-0.05, 0) is 38.5 Å². The van der Waals surface area contributed by atoms with Crippen LogP contribution >= 0.6 is 11.3 Å². The van der Waals surface area contributed by atoms with E-state index in [-0.39, 0.29) is 11.9 Å². The Bertz CT molecular complexity index is 511. The van der Waals surface area contributed by atoms with Crippen molar-refractivity contribution in [3.05, 3.63) is 4.88 Å². The number of nitrogens with one attached hydrogen (secondary N) is 1. The van der Waals surface area contributed by atoms with Crippen LogP contribution in [0.25, 0.3) is 0 Å². The zero-order valence-corrected chi connectivity index (χ0v) is 12.9. The van der Waals surface area contributed by atoms with Gasteiger partial charge in [0.05, 0.1) is 0 Å². The van der Waals surface area contributed by atoms with Gasteiger partial charge < -0.3 is 16.0 Å². The van der Waals surface area contributed by atoms with E-state index in [4.69, 9.17) is 5.73 Å². The lowest BCUT2D eigenvalue weighted by atomic mass is 9.93. The summed E-state index contributed by atoms with van der Waals surface area (Å²) in [6.07, 6.45) is 4.51. The third-order valence-corrected chi connectivity index (χ3v) is 5.14. The summed E-state index contributed by atoms with van der Waals surface area (Å²) in [6.45, 7) is 5.19. The van der Waals surface area contributed by atoms with Gasteiger partial charge in [0, 0.05) is 18.6 Å². The Morgan fingerprint density at radius 3 is 2.80 bits per heavy atom. The van der Waals surface area contributed by atoms with Gasteiger partial charge in [0.1, 0.15) is 10.7 Å². The van der Waals surface area contributed by atoms with Crippen LogP contribution in [0.15, 0.2) is 0 Å². The smallest absolute Gasteiger partial charge is 0.268 e.